The van der Waals surface area contributed by atoms with E-state index in [1.54, 1.807) is 30.5 Å². The van der Waals surface area contributed by atoms with Crippen LogP contribution in [-0.2, 0) is 27.8 Å². The average Bonchev–Trinajstić information content (AvgIpc) is 2.83. The molecule has 1 heterocycles. The molecule has 1 N–H and O–H groups in total. The Morgan fingerprint density at radius 3 is 2.35 bits per heavy atom. The van der Waals surface area contributed by atoms with Crippen molar-refractivity contribution in [1.29, 1.82) is 0 Å². The minimum absolute atomic E-state index is 0.182. The third kappa shape index (κ3) is 7.63. The predicted molar refractivity (Wildman–Crippen MR) is 132 cm³/mol. The molecule has 0 aliphatic rings. The highest BCUT2D eigenvalue weighted by atomic mass is 35.5. The summed E-state index contributed by atoms with van der Waals surface area (Å²) in [7, 11) is -2.28. The van der Waals surface area contributed by atoms with Crippen LogP contribution in [-0.4, -0.2) is 44.0 Å². The molecule has 0 amide bonds. The summed E-state index contributed by atoms with van der Waals surface area (Å²) in [6, 6.07) is 17.0. The number of ether oxygens (including phenoxy) is 1. The second kappa shape index (κ2) is 12.1. The van der Waals surface area contributed by atoms with Gasteiger partial charge in [0.25, 0.3) is 0 Å². The molecule has 1 unspecified atom stereocenters. The number of rotatable bonds is 11. The first-order valence-corrected chi connectivity index (χ1v) is 12.7. The summed E-state index contributed by atoms with van der Waals surface area (Å²) >= 11 is 5.87. The van der Waals surface area contributed by atoms with E-state index in [2.05, 4.69) is 14.6 Å². The standard InChI is InChI=1S/C25H28ClN3O4S/c1-19(28-34(31,32)24-11-9-23(26)10-12-24)13-15-29(18-21-4-3-14-27-16-21)17-20-5-7-22(8-6-20)25(30)33-2/h3-12,14,16,19,28H,13,15,17-18H2,1-2H3. The van der Waals surface area contributed by atoms with Gasteiger partial charge < -0.3 is 4.74 Å². The van der Waals surface area contributed by atoms with Gasteiger partial charge in [-0.15, -0.1) is 0 Å². The van der Waals surface area contributed by atoms with Crippen molar-refractivity contribution in [3.8, 4) is 0 Å². The van der Waals surface area contributed by atoms with Gasteiger partial charge in [0.05, 0.1) is 17.6 Å². The Morgan fingerprint density at radius 2 is 1.74 bits per heavy atom. The summed E-state index contributed by atoms with van der Waals surface area (Å²) in [5.74, 6) is -0.374. The SMILES string of the molecule is COC(=O)c1ccc(CN(CCC(C)NS(=O)(=O)c2ccc(Cl)cc2)Cc2cccnc2)cc1. The molecule has 0 bridgehead atoms. The lowest BCUT2D eigenvalue weighted by Crippen LogP contribution is -2.36. The zero-order valence-corrected chi connectivity index (χ0v) is 20.7. The second-order valence-corrected chi connectivity index (χ2v) is 10.2. The van der Waals surface area contributed by atoms with E-state index >= 15 is 0 Å². The lowest BCUT2D eigenvalue weighted by atomic mass is 10.1. The minimum Gasteiger partial charge on any atom is -0.465 e. The number of sulfonamides is 1. The molecule has 0 aliphatic carbocycles. The summed E-state index contributed by atoms with van der Waals surface area (Å²) in [6.45, 7) is 3.79. The molecule has 0 spiro atoms. The normalized spacial score (nSPS) is 12.5. The van der Waals surface area contributed by atoms with E-state index in [-0.39, 0.29) is 16.9 Å². The minimum atomic E-state index is -3.64. The van der Waals surface area contributed by atoms with Crippen molar-refractivity contribution < 1.29 is 17.9 Å². The number of pyridine rings is 1. The molecule has 7 nitrogen and oxygen atoms in total. The fourth-order valence-corrected chi connectivity index (χ4v) is 4.87. The van der Waals surface area contributed by atoms with Crippen LogP contribution < -0.4 is 4.72 Å². The first kappa shape index (κ1) is 25.8. The molecule has 3 aromatic rings. The van der Waals surface area contributed by atoms with Gasteiger partial charge in [-0.3, -0.25) is 9.88 Å². The quantitative estimate of drug-likeness (QED) is 0.394. The van der Waals surface area contributed by atoms with Crippen molar-refractivity contribution in [3.05, 3.63) is 94.8 Å². The van der Waals surface area contributed by atoms with Crippen molar-refractivity contribution >= 4 is 27.6 Å². The van der Waals surface area contributed by atoms with Crippen LogP contribution in [0.4, 0.5) is 0 Å². The lowest BCUT2D eigenvalue weighted by molar-refractivity contribution is 0.0600. The second-order valence-electron chi connectivity index (χ2n) is 8.03. The molecule has 180 valence electrons. The van der Waals surface area contributed by atoms with Gasteiger partial charge in [0.2, 0.25) is 10.0 Å². The number of benzene rings is 2. The molecule has 0 radical (unpaired) electrons. The smallest absolute Gasteiger partial charge is 0.337 e. The van der Waals surface area contributed by atoms with Crippen molar-refractivity contribution in [1.82, 2.24) is 14.6 Å². The third-order valence-corrected chi connectivity index (χ3v) is 7.13. The maximum absolute atomic E-state index is 12.7. The molecule has 1 atom stereocenters. The van der Waals surface area contributed by atoms with Crippen LogP contribution >= 0.6 is 11.6 Å². The number of nitrogens with one attached hydrogen (secondary N) is 1. The van der Waals surface area contributed by atoms with E-state index in [9.17, 15) is 13.2 Å². The maximum atomic E-state index is 12.7. The van der Waals surface area contributed by atoms with E-state index in [0.717, 1.165) is 11.1 Å². The number of nitrogens with zero attached hydrogens (tertiary/aromatic N) is 2. The number of carbonyl (C=O) groups excluding carboxylic acids is 1. The Kier molecular flexibility index (Phi) is 9.18. The van der Waals surface area contributed by atoms with Crippen molar-refractivity contribution in [2.24, 2.45) is 0 Å². The van der Waals surface area contributed by atoms with Gasteiger partial charge in [0.1, 0.15) is 0 Å². The number of hydrogen-bond acceptors (Lipinski definition) is 6. The van der Waals surface area contributed by atoms with E-state index in [1.807, 2.05) is 37.4 Å². The van der Waals surface area contributed by atoms with Crippen LogP contribution in [0.2, 0.25) is 5.02 Å². The van der Waals surface area contributed by atoms with E-state index in [4.69, 9.17) is 16.3 Å². The van der Waals surface area contributed by atoms with Crippen molar-refractivity contribution in [3.63, 3.8) is 0 Å². The zero-order valence-electron chi connectivity index (χ0n) is 19.1. The zero-order chi connectivity index (χ0) is 24.6. The molecule has 0 saturated carbocycles. The monoisotopic (exact) mass is 501 g/mol. The van der Waals surface area contributed by atoms with Gasteiger partial charge in [-0.05, 0) is 66.9 Å². The van der Waals surface area contributed by atoms with Crippen molar-refractivity contribution in [2.75, 3.05) is 13.7 Å². The Labute approximate surface area is 205 Å². The van der Waals surface area contributed by atoms with Gasteiger partial charge in [-0.25, -0.2) is 17.9 Å². The van der Waals surface area contributed by atoms with E-state index in [0.29, 0.717) is 36.6 Å². The third-order valence-electron chi connectivity index (χ3n) is 5.27. The number of methoxy groups -OCH3 is 1. The van der Waals surface area contributed by atoms with Crippen LogP contribution in [0.5, 0.6) is 0 Å². The number of esters is 1. The molecule has 3 rings (SSSR count). The molecule has 2 aromatic carbocycles. The van der Waals surface area contributed by atoms with Crippen LogP contribution in [0.1, 0.15) is 34.8 Å². The molecule has 9 heteroatoms. The Hall–Kier alpha value is -2.78. The van der Waals surface area contributed by atoms with Crippen LogP contribution in [0.25, 0.3) is 0 Å². The topological polar surface area (TPSA) is 88.6 Å². The number of halogens is 1. The molecular formula is C25H28ClN3O4S. The summed E-state index contributed by atoms with van der Waals surface area (Å²) in [4.78, 5) is 18.3. The lowest BCUT2D eigenvalue weighted by Gasteiger charge is -2.24. The number of aromatic nitrogens is 1. The van der Waals surface area contributed by atoms with E-state index in [1.165, 1.54) is 19.2 Å². The number of hydrogen-bond donors (Lipinski definition) is 1. The van der Waals surface area contributed by atoms with Gasteiger partial charge in [0.15, 0.2) is 0 Å². The average molecular weight is 502 g/mol. The predicted octanol–water partition coefficient (Wildman–Crippen LogP) is 4.28. The van der Waals surface area contributed by atoms with Crippen LogP contribution in [0.15, 0.2) is 78.0 Å². The summed E-state index contributed by atoms with van der Waals surface area (Å²) in [5, 5.41) is 0.484. The van der Waals surface area contributed by atoms with E-state index < -0.39 is 10.0 Å². The summed E-state index contributed by atoms with van der Waals surface area (Å²) in [6.07, 6.45) is 4.15. The summed E-state index contributed by atoms with van der Waals surface area (Å²) < 4.78 is 32.9. The largest absolute Gasteiger partial charge is 0.465 e. The van der Waals surface area contributed by atoms with Crippen LogP contribution in [0, 0.1) is 0 Å². The molecule has 34 heavy (non-hydrogen) atoms. The van der Waals surface area contributed by atoms with Gasteiger partial charge in [-0.2, -0.15) is 0 Å². The first-order chi connectivity index (χ1) is 16.3. The summed E-state index contributed by atoms with van der Waals surface area (Å²) in [5.41, 5.74) is 2.59. The molecule has 0 saturated heterocycles. The highest BCUT2D eigenvalue weighted by Gasteiger charge is 2.18. The van der Waals surface area contributed by atoms with Gasteiger partial charge in [0, 0.05) is 43.1 Å². The van der Waals surface area contributed by atoms with Gasteiger partial charge in [-0.1, -0.05) is 29.8 Å². The highest BCUT2D eigenvalue weighted by Crippen LogP contribution is 2.16. The molecule has 0 aliphatic heterocycles. The number of carbonyl (C=O) groups is 1. The van der Waals surface area contributed by atoms with Gasteiger partial charge >= 0.3 is 5.97 Å². The molecule has 1 aromatic heterocycles. The Morgan fingerprint density at radius 1 is 1.06 bits per heavy atom. The van der Waals surface area contributed by atoms with Crippen LogP contribution in [0.3, 0.4) is 0 Å². The first-order valence-electron chi connectivity index (χ1n) is 10.8. The Bertz CT molecular complexity index is 1170. The van der Waals surface area contributed by atoms with Crippen molar-refractivity contribution in [2.45, 2.75) is 37.4 Å². The Balaban J connectivity index is 1.66. The fraction of sp³-hybridized carbons (Fsp3) is 0.280. The maximum Gasteiger partial charge on any atom is 0.337 e. The highest BCUT2D eigenvalue weighted by molar-refractivity contribution is 7.89. The fourth-order valence-electron chi connectivity index (χ4n) is 3.47. The molecular weight excluding hydrogens is 474 g/mol. The molecule has 0 fully saturated rings.